The summed E-state index contributed by atoms with van der Waals surface area (Å²) in [5.74, 6) is 3.16. The lowest BCUT2D eigenvalue weighted by Gasteiger charge is -2.13. The predicted octanol–water partition coefficient (Wildman–Crippen LogP) is 4.77. The van der Waals surface area contributed by atoms with E-state index in [0.717, 1.165) is 28.3 Å². The fraction of sp³-hybridized carbons (Fsp3) is 0.273. The Labute approximate surface area is 169 Å². The van der Waals surface area contributed by atoms with E-state index < -0.39 is 0 Å². The minimum absolute atomic E-state index is 0.00948. The third-order valence-corrected chi connectivity index (χ3v) is 5.32. The Kier molecular flexibility index (Phi) is 6.76. The quantitative estimate of drug-likeness (QED) is 0.594. The van der Waals surface area contributed by atoms with Crippen molar-refractivity contribution >= 4 is 17.7 Å². The Hall–Kier alpha value is -2.73. The number of amides is 1. The highest BCUT2D eigenvalue weighted by Crippen LogP contribution is 2.26. The van der Waals surface area contributed by atoms with Crippen molar-refractivity contribution < 1.29 is 13.9 Å². The van der Waals surface area contributed by atoms with E-state index in [1.54, 1.807) is 7.11 Å². The monoisotopic (exact) mass is 396 g/mol. The zero-order valence-electron chi connectivity index (χ0n) is 16.3. The Bertz CT molecular complexity index is 907. The molecule has 0 radical (unpaired) electrons. The Morgan fingerprint density at radius 3 is 2.57 bits per heavy atom. The van der Waals surface area contributed by atoms with Crippen LogP contribution in [0.3, 0.4) is 0 Å². The molecule has 3 rings (SSSR count). The highest BCUT2D eigenvalue weighted by molar-refractivity contribution is 7.99. The number of benzene rings is 2. The number of nitrogens with one attached hydrogen (secondary N) is 1. The maximum absolute atomic E-state index is 12.2. The van der Waals surface area contributed by atoms with Crippen molar-refractivity contribution in [3.05, 3.63) is 71.6 Å². The Morgan fingerprint density at radius 2 is 1.89 bits per heavy atom. The molecule has 0 saturated carbocycles. The van der Waals surface area contributed by atoms with E-state index >= 15 is 0 Å². The summed E-state index contributed by atoms with van der Waals surface area (Å²) in [6.45, 7) is 3.88. The van der Waals surface area contributed by atoms with Crippen molar-refractivity contribution in [2.24, 2.45) is 0 Å². The number of carbonyl (C=O) groups is 1. The minimum Gasteiger partial charge on any atom is -0.497 e. The van der Waals surface area contributed by atoms with Crippen LogP contribution in [0.1, 0.15) is 30.0 Å². The van der Waals surface area contributed by atoms with Gasteiger partial charge in [0.1, 0.15) is 11.5 Å². The van der Waals surface area contributed by atoms with Crippen LogP contribution in [0.25, 0.3) is 11.5 Å². The molecule has 1 amide bonds. The van der Waals surface area contributed by atoms with Crippen molar-refractivity contribution in [3.63, 3.8) is 0 Å². The number of hydrogen-bond acceptors (Lipinski definition) is 5. The maximum Gasteiger partial charge on any atom is 0.230 e. The number of aryl methyl sites for hydroxylation is 1. The molecule has 1 heterocycles. The van der Waals surface area contributed by atoms with Gasteiger partial charge in [-0.3, -0.25) is 4.79 Å². The van der Waals surface area contributed by atoms with Gasteiger partial charge in [0.2, 0.25) is 11.8 Å². The fourth-order valence-corrected chi connectivity index (χ4v) is 3.60. The molecular weight excluding hydrogens is 372 g/mol. The molecule has 0 aliphatic rings. The number of thioether (sulfide) groups is 1. The van der Waals surface area contributed by atoms with Crippen LogP contribution in [0.2, 0.25) is 0 Å². The smallest absolute Gasteiger partial charge is 0.230 e. The highest BCUT2D eigenvalue weighted by Gasteiger charge is 2.13. The molecule has 0 spiro atoms. The molecule has 0 aliphatic carbocycles. The van der Waals surface area contributed by atoms with Crippen LogP contribution >= 0.6 is 11.8 Å². The van der Waals surface area contributed by atoms with E-state index in [9.17, 15) is 4.79 Å². The van der Waals surface area contributed by atoms with Crippen LogP contribution in [0.15, 0.2) is 59.0 Å². The van der Waals surface area contributed by atoms with Gasteiger partial charge in [-0.2, -0.15) is 0 Å². The number of rotatable bonds is 8. The van der Waals surface area contributed by atoms with Gasteiger partial charge in [-0.1, -0.05) is 30.3 Å². The zero-order chi connectivity index (χ0) is 19.9. The molecule has 1 aromatic heterocycles. The summed E-state index contributed by atoms with van der Waals surface area (Å²) in [5.41, 5.74) is 2.85. The normalized spacial score (nSPS) is 11.8. The molecule has 0 saturated heterocycles. The number of methoxy groups -OCH3 is 1. The minimum atomic E-state index is -0.00948. The first-order valence-electron chi connectivity index (χ1n) is 9.09. The molecule has 146 valence electrons. The predicted molar refractivity (Wildman–Crippen MR) is 112 cm³/mol. The van der Waals surface area contributed by atoms with E-state index in [1.807, 2.05) is 68.4 Å². The first kappa shape index (κ1) is 20.0. The third kappa shape index (κ3) is 5.16. The van der Waals surface area contributed by atoms with E-state index in [-0.39, 0.29) is 11.9 Å². The zero-order valence-corrected chi connectivity index (χ0v) is 17.1. The highest BCUT2D eigenvalue weighted by atomic mass is 32.2. The van der Waals surface area contributed by atoms with Gasteiger partial charge in [0.25, 0.3) is 0 Å². The van der Waals surface area contributed by atoms with E-state index in [4.69, 9.17) is 9.15 Å². The summed E-state index contributed by atoms with van der Waals surface area (Å²) in [5, 5.41) is 3.02. The number of oxazole rings is 1. The standard InChI is InChI=1S/C22H24N2O3S/c1-15(17-7-5-4-6-8-17)23-21(25)14-28-13-20-16(2)27-22(24-20)18-9-11-19(26-3)12-10-18/h4-12,15H,13-14H2,1-3H3,(H,23,25)/t15-/m0/s1. The van der Waals surface area contributed by atoms with Crippen molar-refractivity contribution in [1.82, 2.24) is 10.3 Å². The average Bonchev–Trinajstić information content (AvgIpc) is 3.09. The molecule has 28 heavy (non-hydrogen) atoms. The SMILES string of the molecule is COc1ccc(-c2nc(CSCC(=O)N[C@@H](C)c3ccccc3)c(C)o2)cc1. The second-order valence-electron chi connectivity index (χ2n) is 6.44. The van der Waals surface area contributed by atoms with Crippen molar-refractivity contribution in [1.29, 1.82) is 0 Å². The summed E-state index contributed by atoms with van der Waals surface area (Å²) in [6.07, 6.45) is 0. The van der Waals surface area contributed by atoms with Crippen LogP contribution in [-0.4, -0.2) is 23.8 Å². The fourth-order valence-electron chi connectivity index (χ4n) is 2.77. The number of nitrogens with zero attached hydrogens (tertiary/aromatic N) is 1. The second kappa shape index (κ2) is 9.46. The number of hydrogen-bond donors (Lipinski definition) is 1. The average molecular weight is 397 g/mol. The van der Waals surface area contributed by atoms with Gasteiger partial charge in [-0.25, -0.2) is 4.98 Å². The number of carbonyl (C=O) groups excluding carboxylic acids is 1. The summed E-state index contributed by atoms with van der Waals surface area (Å²) in [4.78, 5) is 16.8. The van der Waals surface area contributed by atoms with E-state index in [0.29, 0.717) is 17.4 Å². The molecule has 1 atom stereocenters. The lowest BCUT2D eigenvalue weighted by Crippen LogP contribution is -2.28. The molecule has 5 nitrogen and oxygen atoms in total. The van der Waals surface area contributed by atoms with Gasteiger partial charge in [-0.15, -0.1) is 11.8 Å². The van der Waals surface area contributed by atoms with Gasteiger partial charge in [0, 0.05) is 11.3 Å². The lowest BCUT2D eigenvalue weighted by atomic mass is 10.1. The van der Waals surface area contributed by atoms with Crippen molar-refractivity contribution in [2.45, 2.75) is 25.6 Å². The van der Waals surface area contributed by atoms with Gasteiger partial charge in [-0.05, 0) is 43.7 Å². The van der Waals surface area contributed by atoms with Gasteiger partial charge >= 0.3 is 0 Å². The topological polar surface area (TPSA) is 64.4 Å². The van der Waals surface area contributed by atoms with Crippen LogP contribution in [0, 0.1) is 6.92 Å². The molecule has 0 unspecified atom stereocenters. The molecule has 2 aromatic carbocycles. The van der Waals surface area contributed by atoms with Gasteiger partial charge in [0.05, 0.1) is 24.6 Å². The molecule has 0 fully saturated rings. The van der Waals surface area contributed by atoms with Crippen LogP contribution in [0.5, 0.6) is 5.75 Å². The van der Waals surface area contributed by atoms with Crippen LogP contribution in [-0.2, 0) is 10.5 Å². The molecular formula is C22H24N2O3S. The Balaban J connectivity index is 1.52. The summed E-state index contributed by atoms with van der Waals surface area (Å²) in [7, 11) is 1.64. The summed E-state index contributed by atoms with van der Waals surface area (Å²) < 4.78 is 11.0. The molecule has 6 heteroatoms. The van der Waals surface area contributed by atoms with Gasteiger partial charge in [0.15, 0.2) is 0 Å². The number of ether oxygens (including phenoxy) is 1. The Morgan fingerprint density at radius 1 is 1.18 bits per heavy atom. The molecule has 1 N–H and O–H groups in total. The second-order valence-corrected chi connectivity index (χ2v) is 7.43. The van der Waals surface area contributed by atoms with E-state index in [2.05, 4.69) is 10.3 Å². The molecule has 0 bridgehead atoms. The lowest BCUT2D eigenvalue weighted by molar-refractivity contribution is -0.119. The maximum atomic E-state index is 12.2. The summed E-state index contributed by atoms with van der Waals surface area (Å²) in [6, 6.07) is 17.5. The van der Waals surface area contributed by atoms with Crippen molar-refractivity contribution in [3.8, 4) is 17.2 Å². The summed E-state index contributed by atoms with van der Waals surface area (Å²) >= 11 is 1.53. The number of aromatic nitrogens is 1. The first-order valence-corrected chi connectivity index (χ1v) is 10.2. The molecule has 3 aromatic rings. The van der Waals surface area contributed by atoms with Crippen LogP contribution < -0.4 is 10.1 Å². The van der Waals surface area contributed by atoms with Crippen molar-refractivity contribution in [2.75, 3.05) is 12.9 Å². The third-order valence-electron chi connectivity index (χ3n) is 4.38. The first-order chi connectivity index (χ1) is 13.6. The largest absolute Gasteiger partial charge is 0.497 e. The van der Waals surface area contributed by atoms with Crippen LogP contribution in [0.4, 0.5) is 0 Å². The molecule has 0 aliphatic heterocycles. The van der Waals surface area contributed by atoms with Gasteiger partial charge < -0.3 is 14.5 Å². The van der Waals surface area contributed by atoms with E-state index in [1.165, 1.54) is 11.8 Å².